The Bertz CT molecular complexity index is 925. The standard InChI is InChI=1S/C38H62O3/c1-35(39)17-13-25-23(21-35)5-7-29-27(25)15-19-37(3)31(29)9-11-33(37)41-34-12-10-32-30-8-6-24-22-36(2,40)18-14-26(24)28(30)16-20-38(32,34)4/h23-34,39-40H,5-22H2,1-4H3/t23-,24-,25+,26+,27-,28-,29-,30-,31+,32+,33+,34+,35-,36-,37+,38+/m1/s1. The molecule has 16 atom stereocenters. The Morgan fingerprint density at radius 2 is 0.854 bits per heavy atom. The molecule has 0 amide bonds. The van der Waals surface area contributed by atoms with Crippen LogP contribution in [0.15, 0.2) is 0 Å². The molecule has 0 heterocycles. The molecule has 0 spiro atoms. The zero-order valence-corrected chi connectivity index (χ0v) is 27.0. The minimum Gasteiger partial charge on any atom is -0.390 e. The van der Waals surface area contributed by atoms with E-state index >= 15 is 0 Å². The topological polar surface area (TPSA) is 49.7 Å². The molecule has 3 heteroatoms. The van der Waals surface area contributed by atoms with Gasteiger partial charge in [-0.25, -0.2) is 0 Å². The van der Waals surface area contributed by atoms with Crippen LogP contribution < -0.4 is 0 Å². The number of rotatable bonds is 2. The summed E-state index contributed by atoms with van der Waals surface area (Å²) in [4.78, 5) is 0. The highest BCUT2D eigenvalue weighted by molar-refractivity contribution is 5.11. The van der Waals surface area contributed by atoms with Crippen molar-refractivity contribution in [2.45, 2.75) is 167 Å². The zero-order valence-electron chi connectivity index (χ0n) is 27.0. The Balaban J connectivity index is 0.946. The third kappa shape index (κ3) is 4.41. The lowest BCUT2D eigenvalue weighted by atomic mass is 9.49. The van der Waals surface area contributed by atoms with E-state index in [0.717, 1.165) is 84.9 Å². The third-order valence-corrected chi connectivity index (χ3v) is 16.6. The molecule has 232 valence electrons. The van der Waals surface area contributed by atoms with E-state index in [1.807, 2.05) is 0 Å². The fourth-order valence-corrected chi connectivity index (χ4v) is 14.7. The molecule has 8 fully saturated rings. The second-order valence-electron chi connectivity index (χ2n) is 18.7. The molecular weight excluding hydrogens is 504 g/mol. The van der Waals surface area contributed by atoms with Crippen LogP contribution in [0.1, 0.15) is 143 Å². The van der Waals surface area contributed by atoms with Crippen molar-refractivity contribution in [3.8, 4) is 0 Å². The van der Waals surface area contributed by atoms with Crippen molar-refractivity contribution in [2.24, 2.45) is 70.0 Å². The van der Waals surface area contributed by atoms with E-state index in [1.165, 1.54) is 89.9 Å². The van der Waals surface area contributed by atoms with Crippen LogP contribution in [0.5, 0.6) is 0 Å². The molecule has 0 aromatic heterocycles. The summed E-state index contributed by atoms with van der Waals surface area (Å²) in [5.41, 5.74) is -0.0449. The molecule has 0 aromatic carbocycles. The largest absolute Gasteiger partial charge is 0.390 e. The highest BCUT2D eigenvalue weighted by Crippen LogP contribution is 2.67. The average Bonchev–Trinajstić information content (AvgIpc) is 3.43. The molecule has 0 saturated heterocycles. The summed E-state index contributed by atoms with van der Waals surface area (Å²) < 4.78 is 7.48. The molecule has 8 aliphatic rings. The van der Waals surface area contributed by atoms with Gasteiger partial charge in [-0.15, -0.1) is 0 Å². The van der Waals surface area contributed by atoms with Crippen molar-refractivity contribution in [1.29, 1.82) is 0 Å². The summed E-state index contributed by atoms with van der Waals surface area (Å²) >= 11 is 0. The van der Waals surface area contributed by atoms with Crippen LogP contribution >= 0.6 is 0 Å². The predicted molar refractivity (Wildman–Crippen MR) is 164 cm³/mol. The highest BCUT2D eigenvalue weighted by atomic mass is 16.5. The second-order valence-corrected chi connectivity index (χ2v) is 18.7. The van der Waals surface area contributed by atoms with Gasteiger partial charge < -0.3 is 14.9 Å². The van der Waals surface area contributed by atoms with E-state index in [0.29, 0.717) is 23.0 Å². The van der Waals surface area contributed by atoms with Crippen LogP contribution in [-0.2, 0) is 4.74 Å². The maximum absolute atomic E-state index is 10.8. The van der Waals surface area contributed by atoms with Gasteiger partial charge in [0, 0.05) is 0 Å². The maximum atomic E-state index is 10.8. The van der Waals surface area contributed by atoms with Gasteiger partial charge in [-0.3, -0.25) is 0 Å². The van der Waals surface area contributed by atoms with Gasteiger partial charge in [0.25, 0.3) is 0 Å². The minimum atomic E-state index is -0.408. The summed E-state index contributed by atoms with van der Waals surface area (Å²) in [6.45, 7) is 9.51. The lowest BCUT2D eigenvalue weighted by Crippen LogP contribution is -2.53. The molecule has 8 aliphatic carbocycles. The molecule has 0 aromatic rings. The zero-order chi connectivity index (χ0) is 28.4. The molecular formula is C38H62O3. The first kappa shape index (κ1) is 28.4. The van der Waals surface area contributed by atoms with E-state index in [9.17, 15) is 10.2 Å². The van der Waals surface area contributed by atoms with E-state index in [1.54, 1.807) is 0 Å². The van der Waals surface area contributed by atoms with Crippen molar-refractivity contribution < 1.29 is 14.9 Å². The first-order valence-electron chi connectivity index (χ1n) is 18.6. The number of aliphatic hydroxyl groups is 2. The first-order chi connectivity index (χ1) is 19.5. The lowest BCUT2D eigenvalue weighted by Gasteiger charge is -2.58. The van der Waals surface area contributed by atoms with Crippen LogP contribution in [0.3, 0.4) is 0 Å². The third-order valence-electron chi connectivity index (χ3n) is 16.6. The normalized spacial score (nSPS) is 61.6. The van der Waals surface area contributed by atoms with Crippen molar-refractivity contribution in [2.75, 3.05) is 0 Å². The highest BCUT2D eigenvalue weighted by Gasteiger charge is 2.62. The predicted octanol–water partition coefficient (Wildman–Crippen LogP) is 8.55. The van der Waals surface area contributed by atoms with Crippen molar-refractivity contribution in [3.05, 3.63) is 0 Å². The molecule has 0 unspecified atom stereocenters. The summed E-state index contributed by atoms with van der Waals surface area (Å²) in [5, 5.41) is 21.6. The van der Waals surface area contributed by atoms with Gasteiger partial charge in [-0.1, -0.05) is 13.8 Å². The van der Waals surface area contributed by atoms with Crippen molar-refractivity contribution in [3.63, 3.8) is 0 Å². The minimum absolute atomic E-state index is 0.386. The number of hydrogen-bond donors (Lipinski definition) is 2. The molecule has 8 saturated carbocycles. The Morgan fingerprint density at radius 3 is 1.29 bits per heavy atom. The van der Waals surface area contributed by atoms with E-state index in [4.69, 9.17) is 4.74 Å². The second kappa shape index (κ2) is 9.69. The van der Waals surface area contributed by atoms with Crippen molar-refractivity contribution >= 4 is 0 Å². The lowest BCUT2D eigenvalue weighted by molar-refractivity contribution is -0.163. The Morgan fingerprint density at radius 1 is 0.439 bits per heavy atom. The van der Waals surface area contributed by atoms with Gasteiger partial charge >= 0.3 is 0 Å². The fraction of sp³-hybridized carbons (Fsp3) is 1.00. The molecule has 0 radical (unpaired) electrons. The molecule has 41 heavy (non-hydrogen) atoms. The quantitative estimate of drug-likeness (QED) is 0.352. The van der Waals surface area contributed by atoms with Gasteiger partial charge in [0.05, 0.1) is 23.4 Å². The van der Waals surface area contributed by atoms with Crippen LogP contribution in [0.25, 0.3) is 0 Å². The number of ether oxygens (including phenoxy) is 1. The summed E-state index contributed by atoms with van der Waals surface area (Å²) in [5.74, 6) is 8.74. The smallest absolute Gasteiger partial charge is 0.0635 e. The molecule has 0 aliphatic heterocycles. The number of fused-ring (bicyclic) bond motifs is 10. The van der Waals surface area contributed by atoms with Crippen LogP contribution in [-0.4, -0.2) is 33.6 Å². The molecule has 0 bridgehead atoms. The Labute approximate surface area is 251 Å². The van der Waals surface area contributed by atoms with Gasteiger partial charge in [0.2, 0.25) is 0 Å². The van der Waals surface area contributed by atoms with Crippen LogP contribution in [0, 0.1) is 70.0 Å². The van der Waals surface area contributed by atoms with E-state index < -0.39 is 11.2 Å². The van der Waals surface area contributed by atoms with Gasteiger partial charge in [0.15, 0.2) is 0 Å². The Hall–Kier alpha value is -0.120. The average molecular weight is 567 g/mol. The number of hydrogen-bond acceptors (Lipinski definition) is 3. The van der Waals surface area contributed by atoms with E-state index in [2.05, 4.69) is 27.7 Å². The van der Waals surface area contributed by atoms with Gasteiger partial charge in [0.1, 0.15) is 0 Å². The fourth-order valence-electron chi connectivity index (χ4n) is 14.7. The molecule has 2 N–H and O–H groups in total. The summed E-state index contributed by atoms with van der Waals surface area (Å²) in [7, 11) is 0. The SMILES string of the molecule is C[C@@]1(O)CC[C@H]2[C@H](CC[C@@H]3[C@@H]2CC[C@]2(C)[C@@H](O[C@H]4CC[C@H]5[C@@H]6CC[C@@H]7C[C@](C)(O)CC[C@@H]7[C@H]6CC[C@]45C)CC[C@@H]32)C1. The first-order valence-corrected chi connectivity index (χ1v) is 18.6. The van der Waals surface area contributed by atoms with Gasteiger partial charge in [-0.05, 0) is 199 Å². The van der Waals surface area contributed by atoms with Crippen LogP contribution in [0.2, 0.25) is 0 Å². The maximum Gasteiger partial charge on any atom is 0.0635 e. The van der Waals surface area contributed by atoms with Crippen LogP contribution in [0.4, 0.5) is 0 Å². The summed E-state index contributed by atoms with van der Waals surface area (Å²) in [6, 6.07) is 0. The van der Waals surface area contributed by atoms with Crippen molar-refractivity contribution in [1.82, 2.24) is 0 Å². The monoisotopic (exact) mass is 566 g/mol. The van der Waals surface area contributed by atoms with E-state index in [-0.39, 0.29) is 0 Å². The Kier molecular flexibility index (Phi) is 6.70. The van der Waals surface area contributed by atoms with Gasteiger partial charge in [-0.2, -0.15) is 0 Å². The molecule has 3 nitrogen and oxygen atoms in total. The molecule has 8 rings (SSSR count). The summed E-state index contributed by atoms with van der Waals surface area (Å²) in [6.07, 6.45) is 24.3.